The lowest BCUT2D eigenvalue weighted by molar-refractivity contribution is 0.128. The number of aliphatic imine (C=N–C) groups is 1. The fraction of sp³-hybridized carbons (Fsp3) is 0.650. The molecule has 0 amide bonds. The summed E-state index contributed by atoms with van der Waals surface area (Å²) in [4.78, 5) is 6.79. The summed E-state index contributed by atoms with van der Waals surface area (Å²) in [5.74, 6) is 2.42. The number of methoxy groups -OCH3 is 2. The zero-order valence-electron chi connectivity index (χ0n) is 17.4. The van der Waals surface area contributed by atoms with Gasteiger partial charge in [0.25, 0.3) is 0 Å². The molecule has 1 aliphatic heterocycles. The minimum absolute atomic E-state index is 0. The number of halogens is 1. The molecule has 0 spiro atoms. The van der Waals surface area contributed by atoms with Crippen molar-refractivity contribution in [2.24, 2.45) is 4.99 Å². The summed E-state index contributed by atoms with van der Waals surface area (Å²) in [5, 5.41) is 6.89. The number of guanidine groups is 1. The van der Waals surface area contributed by atoms with Crippen LogP contribution in [0.3, 0.4) is 0 Å². The van der Waals surface area contributed by atoms with E-state index in [-0.39, 0.29) is 30.1 Å². The second-order valence-electron chi connectivity index (χ2n) is 6.81. The summed E-state index contributed by atoms with van der Waals surface area (Å²) in [7, 11) is 5.21. The van der Waals surface area contributed by atoms with Crippen molar-refractivity contribution in [1.82, 2.24) is 15.5 Å². The molecule has 160 valence electrons. The van der Waals surface area contributed by atoms with Gasteiger partial charge in [-0.25, -0.2) is 0 Å². The number of nitrogens with one attached hydrogen (secondary N) is 2. The van der Waals surface area contributed by atoms with Crippen molar-refractivity contribution in [3.05, 3.63) is 24.3 Å². The Bertz CT molecular complexity index is 580. The van der Waals surface area contributed by atoms with E-state index in [1.165, 1.54) is 0 Å². The van der Waals surface area contributed by atoms with Gasteiger partial charge < -0.3 is 29.7 Å². The molecule has 2 N–H and O–H groups in total. The van der Waals surface area contributed by atoms with Crippen molar-refractivity contribution < 1.29 is 14.2 Å². The van der Waals surface area contributed by atoms with Crippen molar-refractivity contribution in [2.75, 3.05) is 54.1 Å². The van der Waals surface area contributed by atoms with Crippen molar-refractivity contribution in [1.29, 1.82) is 0 Å². The van der Waals surface area contributed by atoms with Gasteiger partial charge in [-0.1, -0.05) is 6.07 Å². The van der Waals surface area contributed by atoms with E-state index in [0.29, 0.717) is 12.6 Å². The SMILES string of the molecule is CN=C(NCC(C)Oc1cccc(OC)c1)NC1CCN(CCOC)CC1.I. The van der Waals surface area contributed by atoms with E-state index < -0.39 is 0 Å². The summed E-state index contributed by atoms with van der Waals surface area (Å²) in [6, 6.07) is 8.10. The van der Waals surface area contributed by atoms with Crippen molar-refractivity contribution in [3.63, 3.8) is 0 Å². The predicted molar refractivity (Wildman–Crippen MR) is 124 cm³/mol. The summed E-state index contributed by atoms with van der Waals surface area (Å²) < 4.78 is 16.3. The molecule has 2 rings (SSSR count). The van der Waals surface area contributed by atoms with Gasteiger partial charge in [-0.15, -0.1) is 24.0 Å². The first-order chi connectivity index (χ1) is 13.1. The maximum absolute atomic E-state index is 5.95. The van der Waals surface area contributed by atoms with E-state index in [1.54, 1.807) is 21.3 Å². The predicted octanol–water partition coefficient (Wildman–Crippen LogP) is 2.36. The third-order valence-electron chi connectivity index (χ3n) is 4.70. The molecule has 1 saturated heterocycles. The zero-order valence-corrected chi connectivity index (χ0v) is 19.8. The highest BCUT2D eigenvalue weighted by Crippen LogP contribution is 2.19. The molecule has 0 aliphatic carbocycles. The van der Waals surface area contributed by atoms with Gasteiger partial charge in [0.1, 0.15) is 17.6 Å². The lowest BCUT2D eigenvalue weighted by atomic mass is 10.1. The lowest BCUT2D eigenvalue weighted by Crippen LogP contribution is -2.50. The molecule has 7 nitrogen and oxygen atoms in total. The van der Waals surface area contributed by atoms with Crippen LogP contribution in [0.5, 0.6) is 11.5 Å². The highest BCUT2D eigenvalue weighted by molar-refractivity contribution is 14.0. The highest BCUT2D eigenvalue weighted by atomic mass is 127. The Kier molecular flexibility index (Phi) is 12.2. The molecule has 0 bridgehead atoms. The van der Waals surface area contributed by atoms with Crippen LogP contribution >= 0.6 is 24.0 Å². The number of rotatable bonds is 9. The van der Waals surface area contributed by atoms with Gasteiger partial charge in [0.05, 0.1) is 20.3 Å². The Morgan fingerprint density at radius 3 is 2.61 bits per heavy atom. The summed E-state index contributed by atoms with van der Waals surface area (Å²) in [6.07, 6.45) is 2.23. The van der Waals surface area contributed by atoms with E-state index in [9.17, 15) is 0 Å². The topological polar surface area (TPSA) is 67.4 Å². The van der Waals surface area contributed by atoms with E-state index in [0.717, 1.165) is 56.5 Å². The molecule has 0 saturated carbocycles. The van der Waals surface area contributed by atoms with Crippen LogP contribution in [0.4, 0.5) is 0 Å². The number of hydrogen-bond donors (Lipinski definition) is 2. The highest BCUT2D eigenvalue weighted by Gasteiger charge is 2.19. The second-order valence-corrected chi connectivity index (χ2v) is 6.81. The minimum atomic E-state index is 0. The van der Waals surface area contributed by atoms with Crippen LogP contribution in [0.2, 0.25) is 0 Å². The summed E-state index contributed by atoms with van der Waals surface area (Å²) in [5.41, 5.74) is 0. The van der Waals surface area contributed by atoms with Gasteiger partial charge in [0.2, 0.25) is 0 Å². The Morgan fingerprint density at radius 2 is 1.96 bits per heavy atom. The third kappa shape index (κ3) is 8.83. The molecule has 1 aromatic rings. The van der Waals surface area contributed by atoms with Crippen molar-refractivity contribution in [2.45, 2.75) is 31.9 Å². The van der Waals surface area contributed by atoms with Crippen molar-refractivity contribution in [3.8, 4) is 11.5 Å². The van der Waals surface area contributed by atoms with Gasteiger partial charge in [-0.05, 0) is 31.9 Å². The number of piperidine rings is 1. The van der Waals surface area contributed by atoms with Gasteiger partial charge in [0, 0.05) is 45.9 Å². The Hall–Kier alpha value is -1.26. The van der Waals surface area contributed by atoms with E-state index >= 15 is 0 Å². The van der Waals surface area contributed by atoms with E-state index in [1.807, 2.05) is 31.2 Å². The van der Waals surface area contributed by atoms with Crippen LogP contribution in [0.25, 0.3) is 0 Å². The molecule has 0 aromatic heterocycles. The minimum Gasteiger partial charge on any atom is -0.497 e. The largest absolute Gasteiger partial charge is 0.497 e. The average Bonchev–Trinajstić information content (AvgIpc) is 2.70. The van der Waals surface area contributed by atoms with Crippen LogP contribution in [0, 0.1) is 0 Å². The Labute approximate surface area is 186 Å². The van der Waals surface area contributed by atoms with Gasteiger partial charge in [-0.3, -0.25) is 4.99 Å². The first-order valence-corrected chi connectivity index (χ1v) is 9.63. The number of hydrogen-bond acceptors (Lipinski definition) is 5. The maximum Gasteiger partial charge on any atom is 0.191 e. The monoisotopic (exact) mass is 506 g/mol. The van der Waals surface area contributed by atoms with Crippen LogP contribution < -0.4 is 20.1 Å². The number of benzene rings is 1. The molecule has 1 atom stereocenters. The fourth-order valence-electron chi connectivity index (χ4n) is 3.10. The maximum atomic E-state index is 5.95. The van der Waals surface area contributed by atoms with Crippen LogP contribution in [0.1, 0.15) is 19.8 Å². The van der Waals surface area contributed by atoms with E-state index in [4.69, 9.17) is 14.2 Å². The number of likely N-dealkylation sites (tertiary alicyclic amines) is 1. The van der Waals surface area contributed by atoms with Gasteiger partial charge in [0.15, 0.2) is 5.96 Å². The average molecular weight is 506 g/mol. The lowest BCUT2D eigenvalue weighted by Gasteiger charge is -2.33. The van der Waals surface area contributed by atoms with Crippen LogP contribution in [0.15, 0.2) is 29.3 Å². The quantitative estimate of drug-likeness (QED) is 0.305. The number of nitrogens with zero attached hydrogens (tertiary/aromatic N) is 2. The molecule has 1 aliphatic rings. The summed E-state index contributed by atoms with van der Waals surface area (Å²) >= 11 is 0. The van der Waals surface area contributed by atoms with Crippen LogP contribution in [-0.4, -0.2) is 77.1 Å². The molecule has 1 aromatic carbocycles. The van der Waals surface area contributed by atoms with Gasteiger partial charge >= 0.3 is 0 Å². The first kappa shape index (κ1) is 24.8. The molecule has 1 heterocycles. The molecular weight excluding hydrogens is 471 g/mol. The Balaban J connectivity index is 0.00000392. The van der Waals surface area contributed by atoms with Gasteiger partial charge in [-0.2, -0.15) is 0 Å². The fourth-order valence-corrected chi connectivity index (χ4v) is 3.10. The summed E-state index contributed by atoms with van der Waals surface area (Å²) in [6.45, 7) is 6.69. The third-order valence-corrected chi connectivity index (χ3v) is 4.70. The molecule has 8 heteroatoms. The molecule has 1 unspecified atom stereocenters. The normalized spacial score (nSPS) is 16.8. The number of ether oxygens (including phenoxy) is 3. The Morgan fingerprint density at radius 1 is 1.25 bits per heavy atom. The molecule has 1 fully saturated rings. The van der Waals surface area contributed by atoms with E-state index in [2.05, 4.69) is 20.5 Å². The second kappa shape index (κ2) is 13.8. The smallest absolute Gasteiger partial charge is 0.191 e. The zero-order chi connectivity index (χ0) is 19.5. The molecule has 28 heavy (non-hydrogen) atoms. The molecular formula is C20H35IN4O3. The standard InChI is InChI=1S/C20H34N4O3.HI/c1-16(27-19-7-5-6-18(14-19)26-4)15-22-20(21-2)23-17-8-10-24(11-9-17)12-13-25-3;/h5-7,14,16-17H,8-13,15H2,1-4H3,(H2,21,22,23);1H. The molecule has 0 radical (unpaired) electrons. The van der Waals surface area contributed by atoms with Crippen LogP contribution in [-0.2, 0) is 4.74 Å². The first-order valence-electron chi connectivity index (χ1n) is 9.63. The van der Waals surface area contributed by atoms with Crippen molar-refractivity contribution >= 4 is 29.9 Å².